The van der Waals surface area contributed by atoms with Crippen LogP contribution >= 0.6 is 22.6 Å². The number of alkyl halides is 3. The van der Waals surface area contributed by atoms with Gasteiger partial charge in [0.2, 0.25) is 0 Å². The van der Waals surface area contributed by atoms with Crippen molar-refractivity contribution in [3.63, 3.8) is 0 Å². The van der Waals surface area contributed by atoms with E-state index in [0.29, 0.717) is 5.56 Å². The Morgan fingerprint density at radius 3 is 2.42 bits per heavy atom. The molecule has 0 bridgehead atoms. The summed E-state index contributed by atoms with van der Waals surface area (Å²) in [5, 5.41) is 0. The molecular formula is C7H5F3IN. The Kier molecular flexibility index (Phi) is 2.60. The molecule has 1 heterocycles. The molecule has 0 aliphatic rings. The summed E-state index contributed by atoms with van der Waals surface area (Å²) in [6.07, 6.45) is -2.88. The fourth-order valence-electron chi connectivity index (χ4n) is 0.751. The van der Waals surface area contributed by atoms with Gasteiger partial charge in [-0.1, -0.05) is 0 Å². The maximum atomic E-state index is 12.2. The molecule has 0 atom stereocenters. The van der Waals surface area contributed by atoms with Gasteiger partial charge >= 0.3 is 6.18 Å². The number of halogens is 4. The van der Waals surface area contributed by atoms with Crippen molar-refractivity contribution in [2.24, 2.45) is 0 Å². The van der Waals surface area contributed by atoms with E-state index in [9.17, 15) is 13.2 Å². The number of hydrogen-bond donors (Lipinski definition) is 0. The fraction of sp³-hybridized carbons (Fsp3) is 0.286. The highest BCUT2D eigenvalue weighted by Crippen LogP contribution is 2.32. The van der Waals surface area contributed by atoms with Crippen molar-refractivity contribution < 1.29 is 13.2 Å². The van der Waals surface area contributed by atoms with Crippen molar-refractivity contribution in [3.8, 4) is 0 Å². The number of aryl methyl sites for hydroxylation is 1. The second-order valence-electron chi connectivity index (χ2n) is 2.35. The van der Waals surface area contributed by atoms with E-state index < -0.39 is 11.7 Å². The minimum atomic E-state index is -4.30. The molecule has 5 heteroatoms. The van der Waals surface area contributed by atoms with Crippen LogP contribution < -0.4 is 0 Å². The van der Waals surface area contributed by atoms with Crippen molar-refractivity contribution >= 4 is 22.6 Å². The zero-order valence-electron chi connectivity index (χ0n) is 6.11. The number of hydrogen-bond acceptors (Lipinski definition) is 1. The van der Waals surface area contributed by atoms with Gasteiger partial charge in [0.15, 0.2) is 0 Å². The fourth-order valence-corrected chi connectivity index (χ4v) is 1.35. The second kappa shape index (κ2) is 3.20. The molecule has 0 N–H and O–H groups in total. The molecule has 1 aromatic heterocycles. The normalized spacial score (nSPS) is 11.8. The predicted molar refractivity (Wildman–Crippen MR) is 46.7 cm³/mol. The van der Waals surface area contributed by atoms with Crippen molar-refractivity contribution in [2.75, 3.05) is 0 Å². The standard InChI is InChI=1S/C7H5F3IN/c1-4-2-5(7(8,9)10)6(11)12-3-4/h2-3H,1H3. The van der Waals surface area contributed by atoms with Crippen LogP contribution in [0.25, 0.3) is 0 Å². The quantitative estimate of drug-likeness (QED) is 0.528. The predicted octanol–water partition coefficient (Wildman–Crippen LogP) is 3.01. The van der Waals surface area contributed by atoms with Gasteiger partial charge in [0.05, 0.1) is 5.56 Å². The lowest BCUT2D eigenvalue weighted by Gasteiger charge is -2.08. The summed E-state index contributed by atoms with van der Waals surface area (Å²) in [5.74, 6) is 0. The minimum absolute atomic E-state index is 0.00861. The Morgan fingerprint density at radius 1 is 1.42 bits per heavy atom. The van der Waals surface area contributed by atoms with Gasteiger partial charge in [-0.2, -0.15) is 13.2 Å². The first-order valence-corrected chi connectivity index (χ1v) is 4.18. The van der Waals surface area contributed by atoms with E-state index in [-0.39, 0.29) is 3.70 Å². The summed E-state index contributed by atoms with van der Waals surface area (Å²) < 4.78 is 36.5. The Morgan fingerprint density at radius 2 is 2.00 bits per heavy atom. The van der Waals surface area contributed by atoms with Gasteiger partial charge < -0.3 is 0 Å². The minimum Gasteiger partial charge on any atom is -0.249 e. The maximum Gasteiger partial charge on any atom is 0.418 e. The average Bonchev–Trinajstić information content (AvgIpc) is 1.92. The zero-order chi connectivity index (χ0) is 9.35. The zero-order valence-corrected chi connectivity index (χ0v) is 8.27. The van der Waals surface area contributed by atoms with Crippen molar-refractivity contribution in [1.82, 2.24) is 4.98 Å². The first-order valence-electron chi connectivity index (χ1n) is 3.10. The summed E-state index contributed by atoms with van der Waals surface area (Å²) in [7, 11) is 0. The Labute approximate surface area is 81.1 Å². The number of pyridine rings is 1. The second-order valence-corrected chi connectivity index (χ2v) is 3.37. The summed E-state index contributed by atoms with van der Waals surface area (Å²) in [6.45, 7) is 1.58. The molecular weight excluding hydrogens is 282 g/mol. The molecule has 0 fully saturated rings. The van der Waals surface area contributed by atoms with Crippen LogP contribution in [0.1, 0.15) is 11.1 Å². The molecule has 0 radical (unpaired) electrons. The van der Waals surface area contributed by atoms with Crippen LogP contribution in [0.3, 0.4) is 0 Å². The van der Waals surface area contributed by atoms with Crippen molar-refractivity contribution in [2.45, 2.75) is 13.1 Å². The lowest BCUT2D eigenvalue weighted by Crippen LogP contribution is -2.08. The van der Waals surface area contributed by atoms with E-state index in [1.54, 1.807) is 29.5 Å². The van der Waals surface area contributed by atoms with E-state index in [4.69, 9.17) is 0 Å². The molecule has 0 saturated heterocycles. The van der Waals surface area contributed by atoms with Crippen LogP contribution in [-0.2, 0) is 6.18 Å². The molecule has 0 amide bonds. The van der Waals surface area contributed by atoms with E-state index >= 15 is 0 Å². The summed E-state index contributed by atoms with van der Waals surface area (Å²) in [5.41, 5.74) is -0.147. The third kappa shape index (κ3) is 2.09. The largest absolute Gasteiger partial charge is 0.418 e. The number of aromatic nitrogens is 1. The van der Waals surface area contributed by atoms with Gasteiger partial charge in [0, 0.05) is 6.20 Å². The third-order valence-corrected chi connectivity index (χ3v) is 2.14. The molecule has 0 unspecified atom stereocenters. The van der Waals surface area contributed by atoms with Crippen LogP contribution in [0.2, 0.25) is 0 Å². The Balaban J connectivity index is 3.23. The number of nitrogens with zero attached hydrogens (tertiary/aromatic N) is 1. The topological polar surface area (TPSA) is 12.9 Å². The molecule has 0 aromatic carbocycles. The molecule has 0 aliphatic carbocycles. The Bertz CT molecular complexity index is 295. The maximum absolute atomic E-state index is 12.2. The number of rotatable bonds is 0. The van der Waals surface area contributed by atoms with Crippen LogP contribution in [0.15, 0.2) is 12.3 Å². The van der Waals surface area contributed by atoms with E-state index in [0.717, 1.165) is 6.07 Å². The van der Waals surface area contributed by atoms with Gasteiger partial charge in [-0.05, 0) is 41.1 Å². The highest BCUT2D eigenvalue weighted by molar-refractivity contribution is 14.1. The molecule has 1 aromatic rings. The van der Waals surface area contributed by atoms with E-state index in [1.165, 1.54) is 6.20 Å². The first-order chi connectivity index (χ1) is 5.41. The van der Waals surface area contributed by atoms with Crippen molar-refractivity contribution in [3.05, 3.63) is 27.1 Å². The van der Waals surface area contributed by atoms with Crippen LogP contribution in [-0.4, -0.2) is 4.98 Å². The van der Waals surface area contributed by atoms with Gasteiger partial charge in [0.1, 0.15) is 3.70 Å². The van der Waals surface area contributed by atoms with Crippen LogP contribution in [0, 0.1) is 10.6 Å². The summed E-state index contributed by atoms with van der Waals surface area (Å²) >= 11 is 1.57. The van der Waals surface area contributed by atoms with E-state index in [2.05, 4.69) is 4.98 Å². The van der Waals surface area contributed by atoms with Gasteiger partial charge in [-0.25, -0.2) is 4.98 Å². The monoisotopic (exact) mass is 287 g/mol. The molecule has 0 spiro atoms. The summed E-state index contributed by atoms with van der Waals surface area (Å²) in [6, 6.07) is 1.09. The molecule has 1 rings (SSSR count). The highest BCUT2D eigenvalue weighted by Gasteiger charge is 2.33. The van der Waals surface area contributed by atoms with Gasteiger partial charge in [-0.3, -0.25) is 0 Å². The lowest BCUT2D eigenvalue weighted by atomic mass is 10.2. The van der Waals surface area contributed by atoms with Crippen molar-refractivity contribution in [1.29, 1.82) is 0 Å². The van der Waals surface area contributed by atoms with Crippen LogP contribution in [0.4, 0.5) is 13.2 Å². The van der Waals surface area contributed by atoms with E-state index in [1.807, 2.05) is 0 Å². The molecule has 12 heavy (non-hydrogen) atoms. The molecule has 0 aliphatic heterocycles. The first kappa shape index (κ1) is 9.76. The smallest absolute Gasteiger partial charge is 0.249 e. The highest BCUT2D eigenvalue weighted by atomic mass is 127. The lowest BCUT2D eigenvalue weighted by molar-refractivity contribution is -0.138. The third-order valence-electron chi connectivity index (χ3n) is 1.28. The SMILES string of the molecule is Cc1cnc(I)c(C(F)(F)F)c1. The molecule has 1 nitrogen and oxygen atoms in total. The Hall–Kier alpha value is -0.330. The average molecular weight is 287 g/mol. The van der Waals surface area contributed by atoms with Gasteiger partial charge in [0.25, 0.3) is 0 Å². The summed E-state index contributed by atoms with van der Waals surface area (Å²) in [4.78, 5) is 3.61. The molecule has 66 valence electrons. The van der Waals surface area contributed by atoms with Gasteiger partial charge in [-0.15, -0.1) is 0 Å². The van der Waals surface area contributed by atoms with Crippen LogP contribution in [0.5, 0.6) is 0 Å². The molecule has 0 saturated carbocycles.